The van der Waals surface area contributed by atoms with Crippen molar-refractivity contribution in [3.05, 3.63) is 75.3 Å². The summed E-state index contributed by atoms with van der Waals surface area (Å²) in [5, 5.41) is 11.0. The highest BCUT2D eigenvalue weighted by molar-refractivity contribution is 6.18. The number of nitro benzene ring substituents is 1. The summed E-state index contributed by atoms with van der Waals surface area (Å²) in [6, 6.07) is 12.6. The number of ketones is 3. The molecule has 3 rings (SSSR count). The molecule has 1 unspecified atom stereocenters. The highest BCUT2D eigenvalue weighted by atomic mass is 16.6. The van der Waals surface area contributed by atoms with E-state index in [-0.39, 0.29) is 17.0 Å². The molecule has 0 amide bonds. The molecule has 0 saturated heterocycles. The second-order valence-electron chi connectivity index (χ2n) is 5.95. The first-order chi connectivity index (χ1) is 12.0. The minimum Gasteiger partial charge on any atom is -0.298 e. The summed E-state index contributed by atoms with van der Waals surface area (Å²) in [6.07, 6.45) is 0.445. The zero-order valence-corrected chi connectivity index (χ0v) is 13.3. The van der Waals surface area contributed by atoms with E-state index in [0.717, 1.165) is 5.56 Å². The zero-order chi connectivity index (χ0) is 18.0. The van der Waals surface area contributed by atoms with E-state index in [1.54, 1.807) is 12.1 Å². The predicted octanol–water partition coefficient (Wildman–Crippen LogP) is 3.18. The Hall–Kier alpha value is -3.15. The first-order valence-electron chi connectivity index (χ1n) is 7.90. The number of hydrogen-bond donors (Lipinski definition) is 0. The lowest BCUT2D eigenvalue weighted by atomic mass is 9.79. The smallest absolute Gasteiger partial charge is 0.280 e. The number of nitro groups is 1. The normalized spacial score (nSPS) is 16.2. The van der Waals surface area contributed by atoms with Gasteiger partial charge in [0.1, 0.15) is 0 Å². The molecule has 1 aliphatic carbocycles. The van der Waals surface area contributed by atoms with E-state index >= 15 is 0 Å². The quantitative estimate of drug-likeness (QED) is 0.361. The van der Waals surface area contributed by atoms with E-state index in [4.69, 9.17) is 0 Å². The van der Waals surface area contributed by atoms with Crippen LogP contribution in [0.4, 0.5) is 5.69 Å². The third kappa shape index (κ3) is 3.24. The standard InChI is InChI=1S/C19H15NO5/c21-17(14-7-3-4-8-16(14)20(24)25)11-18(22)15-10-9-12-5-1-2-6-13(12)19(15)23/h1-8,15H,9-11H2. The van der Waals surface area contributed by atoms with Gasteiger partial charge in [0.25, 0.3) is 5.69 Å². The molecule has 25 heavy (non-hydrogen) atoms. The molecule has 1 atom stereocenters. The molecule has 0 N–H and O–H groups in total. The van der Waals surface area contributed by atoms with Crippen molar-refractivity contribution in [1.29, 1.82) is 0 Å². The summed E-state index contributed by atoms with van der Waals surface area (Å²) in [5.74, 6) is -2.25. The summed E-state index contributed by atoms with van der Waals surface area (Å²) >= 11 is 0. The van der Waals surface area contributed by atoms with Crippen LogP contribution in [-0.4, -0.2) is 22.3 Å². The van der Waals surface area contributed by atoms with Crippen LogP contribution in [0.5, 0.6) is 0 Å². The number of nitrogens with zero attached hydrogens (tertiary/aromatic N) is 1. The molecule has 0 aromatic heterocycles. The molecule has 6 heteroatoms. The molecular weight excluding hydrogens is 322 g/mol. The molecule has 0 bridgehead atoms. The molecule has 0 aliphatic heterocycles. The van der Waals surface area contributed by atoms with Gasteiger partial charge in [-0.15, -0.1) is 0 Å². The topological polar surface area (TPSA) is 94.3 Å². The molecule has 2 aromatic carbocycles. The number of fused-ring (bicyclic) bond motifs is 1. The largest absolute Gasteiger partial charge is 0.298 e. The Morgan fingerprint density at radius 3 is 2.52 bits per heavy atom. The monoisotopic (exact) mass is 337 g/mol. The molecule has 126 valence electrons. The number of benzene rings is 2. The number of Topliss-reactive ketones (excluding diaryl/α,β-unsaturated/α-hetero) is 3. The first-order valence-corrected chi connectivity index (χ1v) is 7.90. The van der Waals surface area contributed by atoms with E-state index in [2.05, 4.69) is 0 Å². The van der Waals surface area contributed by atoms with Crippen LogP contribution in [0, 0.1) is 16.0 Å². The Kier molecular flexibility index (Phi) is 4.52. The van der Waals surface area contributed by atoms with Gasteiger partial charge in [-0.05, 0) is 24.5 Å². The molecule has 0 fully saturated rings. The van der Waals surface area contributed by atoms with Gasteiger partial charge in [-0.25, -0.2) is 0 Å². The summed E-state index contributed by atoms with van der Waals surface area (Å²) in [6.45, 7) is 0. The lowest BCUT2D eigenvalue weighted by Crippen LogP contribution is -2.30. The van der Waals surface area contributed by atoms with Crippen molar-refractivity contribution >= 4 is 23.0 Å². The van der Waals surface area contributed by atoms with Crippen LogP contribution in [0.2, 0.25) is 0 Å². The van der Waals surface area contributed by atoms with E-state index in [0.29, 0.717) is 18.4 Å². The van der Waals surface area contributed by atoms with Gasteiger partial charge in [-0.1, -0.05) is 36.4 Å². The van der Waals surface area contributed by atoms with Crippen LogP contribution in [0.3, 0.4) is 0 Å². The average molecular weight is 337 g/mol. The number of hydrogen-bond acceptors (Lipinski definition) is 5. The zero-order valence-electron chi connectivity index (χ0n) is 13.3. The van der Waals surface area contributed by atoms with E-state index in [1.807, 2.05) is 12.1 Å². The summed E-state index contributed by atoms with van der Waals surface area (Å²) in [4.78, 5) is 47.7. The lowest BCUT2D eigenvalue weighted by Gasteiger charge is -2.22. The fourth-order valence-corrected chi connectivity index (χ4v) is 3.15. The van der Waals surface area contributed by atoms with Gasteiger partial charge in [0.2, 0.25) is 0 Å². The maximum atomic E-state index is 12.5. The Balaban J connectivity index is 1.79. The number of carbonyl (C=O) groups excluding carboxylic acids is 3. The number of aryl methyl sites for hydroxylation is 1. The van der Waals surface area contributed by atoms with Crippen molar-refractivity contribution in [2.45, 2.75) is 19.3 Å². The third-order valence-electron chi connectivity index (χ3n) is 4.43. The fraction of sp³-hybridized carbons (Fsp3) is 0.211. The van der Waals surface area contributed by atoms with Crippen LogP contribution in [0.25, 0.3) is 0 Å². The van der Waals surface area contributed by atoms with E-state index in [9.17, 15) is 24.5 Å². The number of rotatable bonds is 5. The van der Waals surface area contributed by atoms with Crippen LogP contribution >= 0.6 is 0 Å². The predicted molar refractivity (Wildman–Crippen MR) is 89.6 cm³/mol. The van der Waals surface area contributed by atoms with Gasteiger partial charge in [0.15, 0.2) is 17.3 Å². The van der Waals surface area contributed by atoms with Crippen molar-refractivity contribution in [3.63, 3.8) is 0 Å². The van der Waals surface area contributed by atoms with Crippen molar-refractivity contribution in [1.82, 2.24) is 0 Å². The maximum absolute atomic E-state index is 12.5. The molecule has 2 aromatic rings. The van der Waals surface area contributed by atoms with Crippen molar-refractivity contribution < 1.29 is 19.3 Å². The van der Waals surface area contributed by atoms with Crippen molar-refractivity contribution in [3.8, 4) is 0 Å². The van der Waals surface area contributed by atoms with E-state index < -0.39 is 28.8 Å². The molecule has 6 nitrogen and oxygen atoms in total. The Morgan fingerprint density at radius 2 is 1.76 bits per heavy atom. The van der Waals surface area contributed by atoms with Gasteiger partial charge < -0.3 is 0 Å². The molecule has 1 aliphatic rings. The van der Waals surface area contributed by atoms with Gasteiger partial charge in [0, 0.05) is 11.6 Å². The minimum absolute atomic E-state index is 0.107. The van der Waals surface area contributed by atoms with Gasteiger partial charge in [-0.2, -0.15) is 0 Å². The van der Waals surface area contributed by atoms with Gasteiger partial charge >= 0.3 is 0 Å². The van der Waals surface area contributed by atoms with Crippen LogP contribution in [0.15, 0.2) is 48.5 Å². The summed E-state index contributed by atoms with van der Waals surface area (Å²) < 4.78 is 0. The SMILES string of the molecule is O=C(CC(=O)C1CCc2ccccc2C1=O)c1ccccc1[N+](=O)[O-]. The molecular formula is C19H15NO5. The average Bonchev–Trinajstić information content (AvgIpc) is 2.62. The van der Waals surface area contributed by atoms with Crippen LogP contribution in [-0.2, 0) is 11.2 Å². The second-order valence-corrected chi connectivity index (χ2v) is 5.95. The summed E-state index contributed by atoms with van der Waals surface area (Å²) in [5.41, 5.74) is 0.983. The Morgan fingerprint density at radius 1 is 1.08 bits per heavy atom. The fourth-order valence-electron chi connectivity index (χ4n) is 3.15. The highest BCUT2D eigenvalue weighted by Crippen LogP contribution is 2.28. The lowest BCUT2D eigenvalue weighted by molar-refractivity contribution is -0.385. The van der Waals surface area contributed by atoms with Crippen LogP contribution < -0.4 is 0 Å². The van der Waals surface area contributed by atoms with E-state index in [1.165, 1.54) is 24.3 Å². The Bertz CT molecular complexity index is 887. The van der Waals surface area contributed by atoms with Gasteiger partial charge in [0.05, 0.1) is 22.8 Å². The minimum atomic E-state index is -0.860. The van der Waals surface area contributed by atoms with Crippen molar-refractivity contribution in [2.24, 2.45) is 5.92 Å². The van der Waals surface area contributed by atoms with Crippen molar-refractivity contribution in [2.75, 3.05) is 0 Å². The molecule has 0 radical (unpaired) electrons. The Labute approximate surface area is 143 Å². The van der Waals surface area contributed by atoms with Gasteiger partial charge in [-0.3, -0.25) is 24.5 Å². The molecule has 0 saturated carbocycles. The third-order valence-corrected chi connectivity index (χ3v) is 4.43. The van der Waals surface area contributed by atoms with Crippen LogP contribution in [0.1, 0.15) is 39.1 Å². The highest BCUT2D eigenvalue weighted by Gasteiger charge is 2.34. The second kappa shape index (κ2) is 6.76. The molecule has 0 heterocycles. The first kappa shape index (κ1) is 16.7. The maximum Gasteiger partial charge on any atom is 0.280 e. The molecule has 0 spiro atoms. The summed E-state index contributed by atoms with van der Waals surface area (Å²) in [7, 11) is 0. The number of para-hydroxylation sites is 1. The number of carbonyl (C=O) groups is 3.